The summed E-state index contributed by atoms with van der Waals surface area (Å²) < 4.78 is 5.18. The van der Waals surface area contributed by atoms with E-state index in [4.69, 9.17) is 4.74 Å². The Hall–Kier alpha value is -1.36. The van der Waals surface area contributed by atoms with E-state index in [1.807, 2.05) is 30.3 Å². The zero-order chi connectivity index (χ0) is 17.1. The summed E-state index contributed by atoms with van der Waals surface area (Å²) in [6.45, 7) is 4.56. The number of amides is 1. The molecule has 2 unspecified atom stereocenters. The second kappa shape index (κ2) is 11.2. The van der Waals surface area contributed by atoms with Crippen molar-refractivity contribution < 1.29 is 14.3 Å². The Morgan fingerprint density at radius 2 is 1.91 bits per heavy atom. The predicted molar refractivity (Wildman–Crippen MR) is 95.7 cm³/mol. The van der Waals surface area contributed by atoms with Gasteiger partial charge in [0.05, 0.1) is 11.4 Å². The molecule has 128 valence electrons. The van der Waals surface area contributed by atoms with Crippen molar-refractivity contribution >= 4 is 27.8 Å². The first-order chi connectivity index (χ1) is 11.1. The Kier molecular flexibility index (Phi) is 9.60. The summed E-state index contributed by atoms with van der Waals surface area (Å²) in [5, 5.41) is 2.93. The van der Waals surface area contributed by atoms with Gasteiger partial charge >= 0.3 is 6.09 Å². The number of alkyl halides is 1. The minimum absolute atomic E-state index is 0.0224. The van der Waals surface area contributed by atoms with Gasteiger partial charge in [-0.05, 0) is 17.9 Å². The average Bonchev–Trinajstić information content (AvgIpc) is 2.59. The molecule has 0 spiro atoms. The number of nitrogens with one attached hydrogen (secondary N) is 1. The number of benzene rings is 1. The molecular formula is C18H26BrNO3. The molecule has 0 aliphatic heterocycles. The van der Waals surface area contributed by atoms with Gasteiger partial charge in [-0.3, -0.25) is 4.79 Å². The largest absolute Gasteiger partial charge is 0.445 e. The summed E-state index contributed by atoms with van der Waals surface area (Å²) in [7, 11) is 0. The summed E-state index contributed by atoms with van der Waals surface area (Å²) in [6.07, 6.45) is 3.20. The molecule has 1 amide bonds. The molecule has 0 aliphatic carbocycles. The molecule has 4 nitrogen and oxygen atoms in total. The first kappa shape index (κ1) is 19.7. The fourth-order valence-electron chi connectivity index (χ4n) is 2.19. The SMILES string of the molecule is CCC(C)CCCC(NC(=O)OCc1ccccc1)C(=O)CBr. The third kappa shape index (κ3) is 8.16. The van der Waals surface area contributed by atoms with Crippen molar-refractivity contribution in [2.45, 2.75) is 52.2 Å². The molecule has 23 heavy (non-hydrogen) atoms. The molecule has 0 saturated carbocycles. The lowest BCUT2D eigenvalue weighted by Gasteiger charge is -2.17. The Labute approximate surface area is 147 Å². The molecule has 0 saturated heterocycles. The van der Waals surface area contributed by atoms with E-state index in [2.05, 4.69) is 35.1 Å². The van der Waals surface area contributed by atoms with E-state index >= 15 is 0 Å². The summed E-state index contributed by atoms with van der Waals surface area (Å²) in [5.74, 6) is 0.616. The smallest absolute Gasteiger partial charge is 0.408 e. The maximum Gasteiger partial charge on any atom is 0.408 e. The standard InChI is InChI=1S/C18H26BrNO3/c1-3-14(2)8-7-11-16(17(21)12-19)20-18(22)23-13-15-9-5-4-6-10-15/h4-6,9-10,14,16H,3,7-8,11-13H2,1-2H3,(H,20,22). The van der Waals surface area contributed by atoms with Crippen LogP contribution in [0.15, 0.2) is 30.3 Å². The lowest BCUT2D eigenvalue weighted by molar-refractivity contribution is -0.118. The van der Waals surface area contributed by atoms with E-state index in [0.29, 0.717) is 12.3 Å². The second-order valence-corrected chi connectivity index (χ2v) is 6.36. The van der Waals surface area contributed by atoms with Crippen molar-refractivity contribution in [2.24, 2.45) is 5.92 Å². The highest BCUT2D eigenvalue weighted by Gasteiger charge is 2.20. The highest BCUT2D eigenvalue weighted by molar-refractivity contribution is 9.09. The highest BCUT2D eigenvalue weighted by atomic mass is 79.9. The summed E-state index contributed by atoms with van der Waals surface area (Å²) in [6, 6.07) is 8.99. The Balaban J connectivity index is 2.42. The fourth-order valence-corrected chi connectivity index (χ4v) is 2.58. The number of ether oxygens (including phenoxy) is 1. The Morgan fingerprint density at radius 3 is 2.52 bits per heavy atom. The van der Waals surface area contributed by atoms with Gasteiger partial charge in [0.2, 0.25) is 0 Å². The third-order valence-electron chi connectivity index (χ3n) is 3.91. The summed E-state index contributed by atoms with van der Waals surface area (Å²) >= 11 is 3.17. The van der Waals surface area contributed by atoms with Crippen LogP contribution in [-0.2, 0) is 16.1 Å². The number of hydrogen-bond donors (Lipinski definition) is 1. The molecule has 1 rings (SSSR count). The molecule has 0 radical (unpaired) electrons. The van der Waals surface area contributed by atoms with Crippen LogP contribution in [0, 0.1) is 5.92 Å². The van der Waals surface area contributed by atoms with Gasteiger partial charge in [0.25, 0.3) is 0 Å². The average molecular weight is 384 g/mol. The van der Waals surface area contributed by atoms with E-state index in [1.165, 1.54) is 0 Å². The van der Waals surface area contributed by atoms with Crippen molar-refractivity contribution in [3.63, 3.8) is 0 Å². The third-order valence-corrected chi connectivity index (χ3v) is 4.46. The first-order valence-corrected chi connectivity index (χ1v) is 9.24. The fraction of sp³-hybridized carbons (Fsp3) is 0.556. The van der Waals surface area contributed by atoms with Crippen LogP contribution < -0.4 is 5.32 Å². The van der Waals surface area contributed by atoms with E-state index < -0.39 is 12.1 Å². The molecular weight excluding hydrogens is 358 g/mol. The number of ketones is 1. The van der Waals surface area contributed by atoms with Crippen molar-refractivity contribution in [3.05, 3.63) is 35.9 Å². The number of hydrogen-bond acceptors (Lipinski definition) is 3. The topological polar surface area (TPSA) is 55.4 Å². The zero-order valence-electron chi connectivity index (χ0n) is 13.9. The molecule has 2 atom stereocenters. The van der Waals surface area contributed by atoms with E-state index in [0.717, 1.165) is 24.8 Å². The number of Topliss-reactive ketones (excluding diaryl/α,β-unsaturated/α-hetero) is 1. The van der Waals surface area contributed by atoms with Crippen molar-refractivity contribution in [1.82, 2.24) is 5.32 Å². The number of carbonyl (C=O) groups excluding carboxylic acids is 2. The molecule has 0 aliphatic rings. The number of carbonyl (C=O) groups is 2. The van der Waals surface area contributed by atoms with Gasteiger partial charge in [-0.2, -0.15) is 0 Å². The molecule has 1 aromatic rings. The maximum absolute atomic E-state index is 11.9. The highest BCUT2D eigenvalue weighted by Crippen LogP contribution is 2.13. The minimum atomic E-state index is -0.545. The van der Waals surface area contributed by atoms with Crippen molar-refractivity contribution in [2.75, 3.05) is 5.33 Å². The van der Waals surface area contributed by atoms with Gasteiger partial charge in [0.15, 0.2) is 5.78 Å². The van der Waals surface area contributed by atoms with Crippen LogP contribution in [0.1, 0.15) is 45.1 Å². The van der Waals surface area contributed by atoms with E-state index in [9.17, 15) is 9.59 Å². The molecule has 0 fully saturated rings. The number of halogens is 1. The van der Waals surface area contributed by atoms with Gasteiger partial charge in [-0.25, -0.2) is 4.79 Å². The number of rotatable bonds is 10. The van der Waals surface area contributed by atoms with Gasteiger partial charge < -0.3 is 10.1 Å². The van der Waals surface area contributed by atoms with Gasteiger partial charge in [-0.15, -0.1) is 0 Å². The minimum Gasteiger partial charge on any atom is -0.445 e. The van der Waals surface area contributed by atoms with Gasteiger partial charge in [0, 0.05) is 0 Å². The zero-order valence-corrected chi connectivity index (χ0v) is 15.5. The molecule has 0 aromatic heterocycles. The maximum atomic E-state index is 11.9. The monoisotopic (exact) mass is 383 g/mol. The quantitative estimate of drug-likeness (QED) is 0.606. The van der Waals surface area contributed by atoms with Crippen LogP contribution in [0.25, 0.3) is 0 Å². The van der Waals surface area contributed by atoms with Crippen LogP contribution in [0.4, 0.5) is 4.79 Å². The Morgan fingerprint density at radius 1 is 1.22 bits per heavy atom. The molecule has 1 aromatic carbocycles. The van der Waals surface area contributed by atoms with Crippen LogP contribution >= 0.6 is 15.9 Å². The van der Waals surface area contributed by atoms with E-state index in [-0.39, 0.29) is 17.7 Å². The molecule has 5 heteroatoms. The van der Waals surface area contributed by atoms with Crippen LogP contribution in [-0.4, -0.2) is 23.2 Å². The Bertz CT molecular complexity index is 478. The summed E-state index contributed by atoms with van der Waals surface area (Å²) in [4.78, 5) is 23.8. The first-order valence-electron chi connectivity index (χ1n) is 8.12. The number of alkyl carbamates (subject to hydrolysis) is 1. The van der Waals surface area contributed by atoms with Crippen LogP contribution in [0.5, 0.6) is 0 Å². The predicted octanol–water partition coefficient (Wildman–Crippen LogP) is 4.46. The van der Waals surface area contributed by atoms with Crippen LogP contribution in [0.2, 0.25) is 0 Å². The normalized spacial score (nSPS) is 13.2. The van der Waals surface area contributed by atoms with Crippen molar-refractivity contribution in [1.29, 1.82) is 0 Å². The molecule has 0 heterocycles. The van der Waals surface area contributed by atoms with Crippen LogP contribution in [0.3, 0.4) is 0 Å². The van der Waals surface area contributed by atoms with Gasteiger partial charge in [-0.1, -0.05) is 79.4 Å². The lowest BCUT2D eigenvalue weighted by atomic mass is 9.98. The molecule has 1 N–H and O–H groups in total. The molecule has 0 bridgehead atoms. The summed E-state index contributed by atoms with van der Waals surface area (Å²) in [5.41, 5.74) is 0.919. The van der Waals surface area contributed by atoms with Crippen molar-refractivity contribution in [3.8, 4) is 0 Å². The lowest BCUT2D eigenvalue weighted by Crippen LogP contribution is -2.41. The van der Waals surface area contributed by atoms with Gasteiger partial charge in [0.1, 0.15) is 6.61 Å². The van der Waals surface area contributed by atoms with E-state index in [1.54, 1.807) is 0 Å². The second-order valence-electron chi connectivity index (χ2n) is 5.80.